The number of amides is 1. The van der Waals surface area contributed by atoms with Crippen LogP contribution in [0.5, 0.6) is 0 Å². The van der Waals surface area contributed by atoms with Crippen LogP contribution in [0.15, 0.2) is 24.3 Å². The Balaban J connectivity index is 1.66. The van der Waals surface area contributed by atoms with Gasteiger partial charge in [-0.05, 0) is 44.7 Å². The summed E-state index contributed by atoms with van der Waals surface area (Å²) in [4.78, 5) is 23.9. The number of likely N-dealkylation sites (tertiary alicyclic amines) is 1. The number of fused-ring (bicyclic) bond motifs is 1. The smallest absolute Gasteiger partial charge is 0.253 e. The summed E-state index contributed by atoms with van der Waals surface area (Å²) in [7, 11) is 0. The van der Waals surface area contributed by atoms with E-state index >= 15 is 0 Å². The zero-order valence-electron chi connectivity index (χ0n) is 16.4. The highest BCUT2D eigenvalue weighted by atomic mass is 35.5. The minimum absolute atomic E-state index is 0.158. The molecule has 1 saturated heterocycles. The van der Waals surface area contributed by atoms with Gasteiger partial charge in [-0.15, -0.1) is 5.10 Å². The van der Waals surface area contributed by atoms with Crippen LogP contribution in [0, 0.1) is 19.8 Å². The van der Waals surface area contributed by atoms with Crippen LogP contribution in [-0.2, 0) is 11.2 Å². The van der Waals surface area contributed by atoms with Crippen LogP contribution in [0.1, 0.15) is 36.7 Å². The number of piperidine rings is 1. The van der Waals surface area contributed by atoms with Crippen molar-refractivity contribution in [1.82, 2.24) is 24.5 Å². The molecule has 0 radical (unpaired) electrons. The van der Waals surface area contributed by atoms with Crippen molar-refractivity contribution in [2.45, 2.75) is 40.0 Å². The Hall–Kier alpha value is -2.47. The SMILES string of the molecule is Cc1nc2nc(-c3ccccc3Cl)nn2c(C)c1CC(=O)N1CCC(C)CC1. The van der Waals surface area contributed by atoms with Gasteiger partial charge in [0.15, 0.2) is 5.82 Å². The van der Waals surface area contributed by atoms with Crippen molar-refractivity contribution >= 4 is 23.3 Å². The van der Waals surface area contributed by atoms with Gasteiger partial charge in [0.05, 0.1) is 11.4 Å². The highest BCUT2D eigenvalue weighted by molar-refractivity contribution is 6.33. The van der Waals surface area contributed by atoms with Crippen molar-refractivity contribution < 1.29 is 4.79 Å². The summed E-state index contributed by atoms with van der Waals surface area (Å²) < 4.78 is 1.71. The van der Waals surface area contributed by atoms with Gasteiger partial charge in [0.1, 0.15) is 0 Å². The second kappa shape index (κ2) is 7.51. The summed E-state index contributed by atoms with van der Waals surface area (Å²) >= 11 is 6.29. The van der Waals surface area contributed by atoms with Gasteiger partial charge in [-0.25, -0.2) is 9.50 Å². The Bertz CT molecular complexity index is 1040. The van der Waals surface area contributed by atoms with Gasteiger partial charge in [0, 0.05) is 35.6 Å². The van der Waals surface area contributed by atoms with Crippen LogP contribution in [-0.4, -0.2) is 43.5 Å². The third kappa shape index (κ3) is 3.49. The molecule has 0 bridgehead atoms. The van der Waals surface area contributed by atoms with Gasteiger partial charge in [-0.3, -0.25) is 4.79 Å². The molecule has 3 heterocycles. The first-order valence-electron chi connectivity index (χ1n) is 9.69. The predicted octanol–water partition coefficient (Wildman–Crippen LogP) is 3.86. The number of carbonyl (C=O) groups is 1. The molecule has 1 fully saturated rings. The second-order valence-corrected chi connectivity index (χ2v) is 8.04. The molecule has 1 aromatic carbocycles. The summed E-state index contributed by atoms with van der Waals surface area (Å²) in [6, 6.07) is 7.49. The summed E-state index contributed by atoms with van der Waals surface area (Å²) in [6.45, 7) is 7.82. The topological polar surface area (TPSA) is 63.4 Å². The fraction of sp³-hybridized carbons (Fsp3) is 0.429. The van der Waals surface area contributed by atoms with E-state index in [9.17, 15) is 4.79 Å². The minimum atomic E-state index is 0.158. The van der Waals surface area contributed by atoms with Crippen LogP contribution in [0.4, 0.5) is 0 Å². The van der Waals surface area contributed by atoms with Crippen LogP contribution < -0.4 is 0 Å². The summed E-state index contributed by atoms with van der Waals surface area (Å²) in [5.41, 5.74) is 3.41. The first-order chi connectivity index (χ1) is 13.4. The number of carbonyl (C=O) groups excluding carboxylic acids is 1. The number of hydrogen-bond acceptors (Lipinski definition) is 4. The Labute approximate surface area is 169 Å². The first kappa shape index (κ1) is 18.9. The maximum Gasteiger partial charge on any atom is 0.253 e. The number of aryl methyl sites for hydroxylation is 2. The highest BCUT2D eigenvalue weighted by Crippen LogP contribution is 2.26. The highest BCUT2D eigenvalue weighted by Gasteiger charge is 2.23. The molecule has 1 aliphatic heterocycles. The molecule has 4 rings (SSSR count). The fourth-order valence-electron chi connectivity index (χ4n) is 3.74. The molecular weight excluding hydrogens is 374 g/mol. The number of nitrogens with zero attached hydrogens (tertiary/aromatic N) is 5. The van der Waals surface area contributed by atoms with Gasteiger partial charge >= 0.3 is 0 Å². The Morgan fingerprint density at radius 3 is 2.61 bits per heavy atom. The molecule has 3 aromatic rings. The lowest BCUT2D eigenvalue weighted by atomic mass is 9.98. The second-order valence-electron chi connectivity index (χ2n) is 7.63. The van der Waals surface area contributed by atoms with E-state index in [-0.39, 0.29) is 5.91 Å². The quantitative estimate of drug-likeness (QED) is 0.673. The number of aromatic nitrogens is 4. The lowest BCUT2D eigenvalue weighted by molar-refractivity contribution is -0.131. The maximum atomic E-state index is 12.8. The Kier molecular flexibility index (Phi) is 5.06. The molecule has 1 aliphatic rings. The predicted molar refractivity (Wildman–Crippen MR) is 109 cm³/mol. The van der Waals surface area contributed by atoms with Crippen molar-refractivity contribution in [3.05, 3.63) is 46.2 Å². The molecule has 0 saturated carbocycles. The minimum Gasteiger partial charge on any atom is -0.342 e. The molecule has 2 aromatic heterocycles. The molecule has 7 heteroatoms. The van der Waals surface area contributed by atoms with Crippen molar-refractivity contribution in [2.24, 2.45) is 5.92 Å². The summed E-state index contributed by atoms with van der Waals surface area (Å²) in [5.74, 6) is 1.91. The molecule has 146 valence electrons. The van der Waals surface area contributed by atoms with Crippen molar-refractivity contribution in [2.75, 3.05) is 13.1 Å². The van der Waals surface area contributed by atoms with E-state index in [2.05, 4.69) is 22.0 Å². The third-order valence-electron chi connectivity index (χ3n) is 5.63. The molecule has 1 amide bonds. The van der Waals surface area contributed by atoms with Crippen molar-refractivity contribution in [3.63, 3.8) is 0 Å². The number of hydrogen-bond donors (Lipinski definition) is 0. The molecule has 6 nitrogen and oxygen atoms in total. The first-order valence-corrected chi connectivity index (χ1v) is 10.1. The van der Waals surface area contributed by atoms with Crippen LogP contribution in [0.3, 0.4) is 0 Å². The number of benzene rings is 1. The molecular formula is C21H24ClN5O. The van der Waals surface area contributed by atoms with Crippen LogP contribution in [0.2, 0.25) is 5.02 Å². The molecule has 28 heavy (non-hydrogen) atoms. The molecule has 0 N–H and O–H groups in total. The average molecular weight is 398 g/mol. The lowest BCUT2D eigenvalue weighted by Gasteiger charge is -2.30. The van der Waals surface area contributed by atoms with Crippen molar-refractivity contribution in [3.8, 4) is 11.4 Å². The molecule has 0 unspecified atom stereocenters. The monoisotopic (exact) mass is 397 g/mol. The van der Waals surface area contributed by atoms with E-state index < -0.39 is 0 Å². The average Bonchev–Trinajstić information content (AvgIpc) is 3.09. The van der Waals surface area contributed by atoms with E-state index in [0.29, 0.717) is 29.0 Å². The van der Waals surface area contributed by atoms with Gasteiger partial charge in [-0.1, -0.05) is 30.7 Å². The van der Waals surface area contributed by atoms with Gasteiger partial charge in [-0.2, -0.15) is 4.98 Å². The summed E-state index contributed by atoms with van der Waals surface area (Å²) in [5, 5.41) is 5.21. The Morgan fingerprint density at radius 1 is 1.18 bits per heavy atom. The lowest BCUT2D eigenvalue weighted by Crippen LogP contribution is -2.39. The molecule has 0 atom stereocenters. The summed E-state index contributed by atoms with van der Waals surface area (Å²) in [6.07, 6.45) is 2.49. The van der Waals surface area contributed by atoms with Crippen molar-refractivity contribution in [1.29, 1.82) is 0 Å². The van der Waals surface area contributed by atoms with Gasteiger partial charge < -0.3 is 4.90 Å². The van der Waals surface area contributed by atoms with E-state index in [4.69, 9.17) is 11.6 Å². The Morgan fingerprint density at radius 2 is 1.89 bits per heavy atom. The van der Waals surface area contributed by atoms with Gasteiger partial charge in [0.2, 0.25) is 5.91 Å². The molecule has 0 spiro atoms. The maximum absolute atomic E-state index is 12.8. The van der Waals surface area contributed by atoms with E-state index in [1.54, 1.807) is 4.52 Å². The fourth-order valence-corrected chi connectivity index (χ4v) is 3.96. The zero-order chi connectivity index (χ0) is 19.8. The number of halogens is 1. The van der Waals surface area contributed by atoms with E-state index in [1.807, 2.05) is 43.0 Å². The van der Waals surface area contributed by atoms with Crippen LogP contribution in [0.25, 0.3) is 17.2 Å². The largest absolute Gasteiger partial charge is 0.342 e. The normalized spacial score (nSPS) is 15.4. The zero-order valence-corrected chi connectivity index (χ0v) is 17.2. The third-order valence-corrected chi connectivity index (χ3v) is 5.96. The standard InChI is InChI=1S/C21H24ClN5O/c1-13-8-10-26(11-9-13)19(28)12-17-14(2)23-21-24-20(25-27(21)15(17)3)16-6-4-5-7-18(16)22/h4-7,13H,8-12H2,1-3H3. The van der Waals surface area contributed by atoms with E-state index in [1.165, 1.54) is 0 Å². The molecule has 0 aliphatic carbocycles. The van der Waals surface area contributed by atoms with Gasteiger partial charge in [0.25, 0.3) is 5.78 Å². The van der Waals surface area contributed by atoms with E-state index in [0.717, 1.165) is 48.4 Å². The number of rotatable bonds is 3. The van der Waals surface area contributed by atoms with Crippen LogP contribution >= 0.6 is 11.6 Å².